The minimum Gasteiger partial charge on any atom is -0.478 e. The van der Waals surface area contributed by atoms with Gasteiger partial charge in [-0.2, -0.15) is 0 Å². The monoisotopic (exact) mass is 339 g/mol. The number of fused-ring (bicyclic) bond motifs is 1. The zero-order valence-electron chi connectivity index (χ0n) is 14.2. The number of pyridine rings is 1. The van der Waals surface area contributed by atoms with E-state index in [1.165, 1.54) is 23.3 Å². The lowest BCUT2D eigenvalue weighted by atomic mass is 10.00. The van der Waals surface area contributed by atoms with Gasteiger partial charge in [0.05, 0.1) is 11.3 Å². The number of carbonyl (C=O) groups excluding carboxylic acids is 1. The van der Waals surface area contributed by atoms with E-state index in [1.807, 2.05) is 0 Å². The molecule has 0 bridgehead atoms. The average Bonchev–Trinajstić information content (AvgIpc) is 2.61. The highest BCUT2D eigenvalue weighted by Crippen LogP contribution is 2.17. The number of aromatic carboxylic acids is 1. The lowest BCUT2D eigenvalue weighted by molar-refractivity contribution is 0.0694. The molecule has 0 fully saturated rings. The van der Waals surface area contributed by atoms with Crippen LogP contribution in [0.1, 0.15) is 37.7 Å². The van der Waals surface area contributed by atoms with Crippen molar-refractivity contribution in [2.24, 2.45) is 0 Å². The first kappa shape index (κ1) is 17.1. The summed E-state index contributed by atoms with van der Waals surface area (Å²) in [5, 5.41) is 11.9. The van der Waals surface area contributed by atoms with E-state index in [0.717, 1.165) is 26.1 Å². The number of aryl methyl sites for hydroxylation is 1. The largest absolute Gasteiger partial charge is 0.478 e. The molecule has 2 heterocycles. The van der Waals surface area contributed by atoms with E-state index in [9.17, 15) is 9.59 Å². The lowest BCUT2D eigenvalue weighted by Crippen LogP contribution is -2.38. The van der Waals surface area contributed by atoms with Gasteiger partial charge in [0, 0.05) is 26.2 Å². The zero-order chi connectivity index (χ0) is 17.8. The van der Waals surface area contributed by atoms with Gasteiger partial charge in [-0.25, -0.2) is 9.78 Å². The van der Waals surface area contributed by atoms with Gasteiger partial charge in [0.15, 0.2) is 0 Å². The molecular formula is C19H21N3O3. The maximum Gasteiger partial charge on any atom is 0.337 e. The van der Waals surface area contributed by atoms with E-state index in [2.05, 4.69) is 39.5 Å². The number of amides is 1. The number of carboxylic acid groups (broad SMARTS) is 1. The first-order valence-electron chi connectivity index (χ1n) is 8.33. The molecule has 1 amide bonds. The van der Waals surface area contributed by atoms with Gasteiger partial charge in [-0.05, 0) is 36.6 Å². The summed E-state index contributed by atoms with van der Waals surface area (Å²) < 4.78 is 0. The van der Waals surface area contributed by atoms with Crippen LogP contribution in [0.25, 0.3) is 0 Å². The third-order valence-corrected chi connectivity index (χ3v) is 4.47. The summed E-state index contributed by atoms with van der Waals surface area (Å²) in [6.07, 6.45) is 1.03. The third-order valence-electron chi connectivity index (χ3n) is 4.47. The fourth-order valence-corrected chi connectivity index (χ4v) is 3.08. The van der Waals surface area contributed by atoms with Crippen molar-refractivity contribution in [1.29, 1.82) is 0 Å². The van der Waals surface area contributed by atoms with E-state index < -0.39 is 5.97 Å². The highest BCUT2D eigenvalue weighted by atomic mass is 16.4. The number of hydrogen-bond acceptors (Lipinski definition) is 4. The molecule has 0 radical (unpaired) electrons. The number of hydrogen-bond donors (Lipinski definition) is 2. The van der Waals surface area contributed by atoms with Gasteiger partial charge in [0.25, 0.3) is 5.91 Å². The average molecular weight is 339 g/mol. The molecule has 2 N–H and O–H groups in total. The number of aromatic nitrogens is 1. The van der Waals surface area contributed by atoms with Crippen LogP contribution in [0.3, 0.4) is 0 Å². The summed E-state index contributed by atoms with van der Waals surface area (Å²) >= 11 is 0. The SMILES string of the molecule is Cc1nc(C(=O)NCCN2CCc3ccccc3C2)ccc1C(=O)O. The van der Waals surface area contributed by atoms with Crippen molar-refractivity contribution in [2.75, 3.05) is 19.6 Å². The van der Waals surface area contributed by atoms with Gasteiger partial charge in [0.2, 0.25) is 0 Å². The molecule has 0 saturated heterocycles. The molecule has 0 unspecified atom stereocenters. The smallest absolute Gasteiger partial charge is 0.337 e. The molecule has 1 aromatic heterocycles. The summed E-state index contributed by atoms with van der Waals surface area (Å²) in [5.74, 6) is -1.32. The standard InChI is InChI=1S/C19H21N3O3/c1-13-16(19(24)25)6-7-17(21-13)18(23)20-9-11-22-10-8-14-4-2-3-5-15(14)12-22/h2-7H,8-12H2,1H3,(H,20,23)(H,24,25). The normalized spacial score (nSPS) is 14.0. The first-order valence-corrected chi connectivity index (χ1v) is 8.33. The van der Waals surface area contributed by atoms with E-state index in [-0.39, 0.29) is 17.2 Å². The van der Waals surface area contributed by atoms with Crippen LogP contribution >= 0.6 is 0 Å². The van der Waals surface area contributed by atoms with Crippen LogP contribution in [-0.4, -0.2) is 46.5 Å². The van der Waals surface area contributed by atoms with Gasteiger partial charge in [-0.1, -0.05) is 24.3 Å². The maximum absolute atomic E-state index is 12.2. The number of nitrogens with zero attached hydrogens (tertiary/aromatic N) is 2. The van der Waals surface area contributed by atoms with Gasteiger partial charge in [-0.15, -0.1) is 0 Å². The molecule has 0 saturated carbocycles. The Morgan fingerprint density at radius 2 is 1.96 bits per heavy atom. The van der Waals surface area contributed by atoms with Gasteiger partial charge in [0.1, 0.15) is 5.69 Å². The second kappa shape index (κ2) is 7.44. The molecule has 130 valence electrons. The molecule has 1 aliphatic heterocycles. The summed E-state index contributed by atoms with van der Waals surface area (Å²) in [4.78, 5) is 29.6. The number of nitrogens with one attached hydrogen (secondary N) is 1. The molecule has 1 aromatic carbocycles. The molecule has 0 aliphatic carbocycles. The molecule has 25 heavy (non-hydrogen) atoms. The van der Waals surface area contributed by atoms with Crippen LogP contribution in [0.2, 0.25) is 0 Å². The molecule has 6 nitrogen and oxygen atoms in total. The molecule has 1 aliphatic rings. The highest BCUT2D eigenvalue weighted by Gasteiger charge is 2.16. The van der Waals surface area contributed by atoms with Crippen molar-refractivity contribution in [3.05, 3.63) is 64.5 Å². The van der Waals surface area contributed by atoms with Gasteiger partial charge >= 0.3 is 5.97 Å². The quantitative estimate of drug-likeness (QED) is 0.869. The Morgan fingerprint density at radius 3 is 2.68 bits per heavy atom. The molecule has 2 aromatic rings. The van der Waals surface area contributed by atoms with Crippen molar-refractivity contribution in [3.63, 3.8) is 0 Å². The molecular weight excluding hydrogens is 318 g/mol. The predicted molar refractivity (Wildman–Crippen MR) is 93.7 cm³/mol. The predicted octanol–water partition coefficient (Wildman–Crippen LogP) is 1.88. The van der Waals surface area contributed by atoms with Crippen LogP contribution in [0.15, 0.2) is 36.4 Å². The van der Waals surface area contributed by atoms with E-state index in [0.29, 0.717) is 12.2 Å². The Balaban J connectivity index is 1.52. The summed E-state index contributed by atoms with van der Waals surface area (Å²) in [6.45, 7) is 4.77. The molecule has 0 spiro atoms. The summed E-state index contributed by atoms with van der Waals surface area (Å²) in [6, 6.07) is 11.3. The second-order valence-corrected chi connectivity index (χ2v) is 6.19. The van der Waals surface area contributed by atoms with Crippen LogP contribution in [0.4, 0.5) is 0 Å². The lowest BCUT2D eigenvalue weighted by Gasteiger charge is -2.28. The van der Waals surface area contributed by atoms with Crippen molar-refractivity contribution in [3.8, 4) is 0 Å². The minimum absolute atomic E-state index is 0.114. The Labute approximate surface area is 146 Å². The highest BCUT2D eigenvalue weighted by molar-refractivity contribution is 5.94. The zero-order valence-corrected chi connectivity index (χ0v) is 14.2. The fraction of sp³-hybridized carbons (Fsp3) is 0.316. The van der Waals surface area contributed by atoms with Crippen molar-refractivity contribution < 1.29 is 14.7 Å². The van der Waals surface area contributed by atoms with Crippen LogP contribution < -0.4 is 5.32 Å². The number of carbonyl (C=O) groups is 2. The van der Waals surface area contributed by atoms with E-state index in [4.69, 9.17) is 5.11 Å². The Hall–Kier alpha value is -2.73. The molecule has 3 rings (SSSR count). The molecule has 6 heteroatoms. The van der Waals surface area contributed by atoms with Crippen LogP contribution in [-0.2, 0) is 13.0 Å². The third kappa shape index (κ3) is 4.03. The van der Waals surface area contributed by atoms with E-state index >= 15 is 0 Å². The van der Waals surface area contributed by atoms with Crippen LogP contribution in [0.5, 0.6) is 0 Å². The van der Waals surface area contributed by atoms with Crippen molar-refractivity contribution >= 4 is 11.9 Å². The Bertz CT molecular complexity index is 804. The van der Waals surface area contributed by atoms with Gasteiger partial charge in [-0.3, -0.25) is 9.69 Å². The molecule has 0 atom stereocenters. The van der Waals surface area contributed by atoms with Gasteiger partial charge < -0.3 is 10.4 Å². The maximum atomic E-state index is 12.2. The Morgan fingerprint density at radius 1 is 1.20 bits per heavy atom. The fourth-order valence-electron chi connectivity index (χ4n) is 3.08. The number of carboxylic acids is 1. The number of benzene rings is 1. The Kier molecular flexibility index (Phi) is 5.09. The van der Waals surface area contributed by atoms with Crippen molar-refractivity contribution in [1.82, 2.24) is 15.2 Å². The second-order valence-electron chi connectivity index (χ2n) is 6.19. The summed E-state index contributed by atoms with van der Waals surface area (Å²) in [7, 11) is 0. The summed E-state index contributed by atoms with van der Waals surface area (Å²) in [5.41, 5.74) is 3.45. The van der Waals surface area contributed by atoms with Crippen LogP contribution in [0, 0.1) is 6.92 Å². The minimum atomic E-state index is -1.04. The first-order chi connectivity index (χ1) is 12.0. The van der Waals surface area contributed by atoms with E-state index in [1.54, 1.807) is 6.92 Å². The number of rotatable bonds is 5. The van der Waals surface area contributed by atoms with Crippen molar-refractivity contribution in [2.45, 2.75) is 19.9 Å². The topological polar surface area (TPSA) is 82.5 Å².